The number of hydrogen-bond donors (Lipinski definition) is 1. The van der Waals surface area contributed by atoms with E-state index in [-0.39, 0.29) is 16.1 Å². The maximum Gasteiger partial charge on any atom is 0.269 e. The van der Waals surface area contributed by atoms with Gasteiger partial charge in [-0.25, -0.2) is 0 Å². The maximum absolute atomic E-state index is 10.7. The first-order chi connectivity index (χ1) is 9.92. The number of aromatic nitrogens is 2. The Balaban J connectivity index is 2.04. The molecule has 0 atom stereocenters. The number of rotatable bonds is 6. The van der Waals surface area contributed by atoms with E-state index in [2.05, 4.69) is 24.3 Å². The third-order valence-corrected chi connectivity index (χ3v) is 3.54. The summed E-state index contributed by atoms with van der Waals surface area (Å²) in [4.78, 5) is 10.3. The van der Waals surface area contributed by atoms with Crippen molar-refractivity contribution in [1.82, 2.24) is 15.1 Å². The average molecular weight is 288 g/mol. The standard InChI is InChI=1S/C15H20N4O2/c1-4-18-11-12(10-17-18)9-16-15(2,3)13-5-7-14(8-6-13)19(20)21/h5-8,10-11,16H,4,9H2,1-3H3. The van der Waals surface area contributed by atoms with E-state index in [4.69, 9.17) is 0 Å². The molecular formula is C15H20N4O2. The van der Waals surface area contributed by atoms with Gasteiger partial charge in [-0.05, 0) is 26.3 Å². The molecule has 0 aliphatic heterocycles. The van der Waals surface area contributed by atoms with Crippen LogP contribution in [0.1, 0.15) is 31.9 Å². The fourth-order valence-electron chi connectivity index (χ4n) is 2.10. The van der Waals surface area contributed by atoms with Crippen LogP contribution < -0.4 is 5.32 Å². The molecular weight excluding hydrogens is 268 g/mol. The molecule has 1 N–H and O–H groups in total. The minimum Gasteiger partial charge on any atom is -0.304 e. The van der Waals surface area contributed by atoms with Gasteiger partial charge in [0, 0.05) is 42.5 Å². The molecule has 2 aromatic rings. The fraction of sp³-hybridized carbons (Fsp3) is 0.400. The van der Waals surface area contributed by atoms with Gasteiger partial charge in [0.1, 0.15) is 0 Å². The molecule has 6 heteroatoms. The highest BCUT2D eigenvalue weighted by molar-refractivity contribution is 5.35. The number of nitrogens with zero attached hydrogens (tertiary/aromatic N) is 3. The second-order valence-corrected chi connectivity index (χ2v) is 5.49. The summed E-state index contributed by atoms with van der Waals surface area (Å²) in [5.41, 5.74) is 1.96. The van der Waals surface area contributed by atoms with Gasteiger partial charge >= 0.3 is 0 Å². The van der Waals surface area contributed by atoms with E-state index < -0.39 is 0 Å². The van der Waals surface area contributed by atoms with Crippen LogP contribution in [-0.4, -0.2) is 14.7 Å². The Morgan fingerprint density at radius 3 is 2.52 bits per heavy atom. The molecule has 112 valence electrons. The van der Waals surface area contributed by atoms with Crippen LogP contribution in [0, 0.1) is 10.1 Å². The molecule has 0 aliphatic carbocycles. The van der Waals surface area contributed by atoms with Crippen molar-refractivity contribution in [3.05, 3.63) is 57.9 Å². The monoisotopic (exact) mass is 288 g/mol. The summed E-state index contributed by atoms with van der Waals surface area (Å²) < 4.78 is 1.88. The number of nitro benzene ring substituents is 1. The number of non-ortho nitro benzene ring substituents is 1. The lowest BCUT2D eigenvalue weighted by molar-refractivity contribution is -0.384. The van der Waals surface area contributed by atoms with E-state index in [9.17, 15) is 10.1 Å². The highest BCUT2D eigenvalue weighted by Gasteiger charge is 2.20. The smallest absolute Gasteiger partial charge is 0.269 e. The molecule has 1 aromatic carbocycles. The van der Waals surface area contributed by atoms with E-state index in [1.807, 2.05) is 24.0 Å². The van der Waals surface area contributed by atoms with E-state index in [1.54, 1.807) is 12.1 Å². The molecule has 6 nitrogen and oxygen atoms in total. The van der Waals surface area contributed by atoms with E-state index in [0.717, 1.165) is 17.7 Å². The molecule has 0 saturated carbocycles. The summed E-state index contributed by atoms with van der Waals surface area (Å²) in [6.45, 7) is 7.71. The largest absolute Gasteiger partial charge is 0.304 e. The highest BCUT2D eigenvalue weighted by atomic mass is 16.6. The lowest BCUT2D eigenvalue weighted by Crippen LogP contribution is -2.35. The topological polar surface area (TPSA) is 73.0 Å². The normalized spacial score (nSPS) is 11.6. The van der Waals surface area contributed by atoms with Gasteiger partial charge in [-0.3, -0.25) is 14.8 Å². The second-order valence-electron chi connectivity index (χ2n) is 5.49. The van der Waals surface area contributed by atoms with Gasteiger partial charge in [-0.2, -0.15) is 5.10 Å². The van der Waals surface area contributed by atoms with Crippen molar-refractivity contribution in [1.29, 1.82) is 0 Å². The lowest BCUT2D eigenvalue weighted by Gasteiger charge is -2.26. The third-order valence-electron chi connectivity index (χ3n) is 3.54. The number of nitrogens with one attached hydrogen (secondary N) is 1. The second kappa shape index (κ2) is 6.05. The first-order valence-electron chi connectivity index (χ1n) is 6.93. The predicted molar refractivity (Wildman–Crippen MR) is 80.9 cm³/mol. The number of aryl methyl sites for hydroxylation is 1. The van der Waals surface area contributed by atoms with Crippen molar-refractivity contribution in [2.45, 2.75) is 39.4 Å². The summed E-state index contributed by atoms with van der Waals surface area (Å²) >= 11 is 0. The van der Waals surface area contributed by atoms with Crippen molar-refractivity contribution in [2.24, 2.45) is 0 Å². The van der Waals surface area contributed by atoms with Crippen molar-refractivity contribution in [2.75, 3.05) is 0 Å². The van der Waals surface area contributed by atoms with Crippen LogP contribution >= 0.6 is 0 Å². The Hall–Kier alpha value is -2.21. The Morgan fingerprint density at radius 2 is 2.00 bits per heavy atom. The summed E-state index contributed by atoms with van der Waals surface area (Å²) in [6.07, 6.45) is 3.86. The summed E-state index contributed by atoms with van der Waals surface area (Å²) in [6, 6.07) is 6.66. The molecule has 0 spiro atoms. The lowest BCUT2D eigenvalue weighted by atomic mass is 9.94. The quantitative estimate of drug-likeness (QED) is 0.655. The third kappa shape index (κ3) is 3.66. The molecule has 0 amide bonds. The first-order valence-corrected chi connectivity index (χ1v) is 6.93. The van der Waals surface area contributed by atoms with Crippen LogP contribution in [0.5, 0.6) is 0 Å². The molecule has 0 bridgehead atoms. The highest BCUT2D eigenvalue weighted by Crippen LogP contribution is 2.23. The fourth-order valence-corrected chi connectivity index (χ4v) is 2.10. The van der Waals surface area contributed by atoms with Crippen molar-refractivity contribution in [3.63, 3.8) is 0 Å². The predicted octanol–water partition coefficient (Wildman–Crippen LogP) is 2.84. The van der Waals surface area contributed by atoms with Gasteiger partial charge in [0.15, 0.2) is 0 Å². The average Bonchev–Trinajstić information content (AvgIpc) is 2.93. The van der Waals surface area contributed by atoms with E-state index in [1.165, 1.54) is 12.1 Å². The minimum absolute atomic E-state index is 0.110. The molecule has 21 heavy (non-hydrogen) atoms. The Morgan fingerprint density at radius 1 is 1.33 bits per heavy atom. The Kier molecular flexibility index (Phi) is 4.37. The number of benzene rings is 1. The molecule has 0 saturated heterocycles. The summed E-state index contributed by atoms with van der Waals surface area (Å²) in [5.74, 6) is 0. The van der Waals surface area contributed by atoms with Crippen molar-refractivity contribution >= 4 is 5.69 Å². The van der Waals surface area contributed by atoms with Crippen molar-refractivity contribution in [3.8, 4) is 0 Å². The zero-order valence-corrected chi connectivity index (χ0v) is 12.5. The molecule has 1 aromatic heterocycles. The van der Waals surface area contributed by atoms with Crippen LogP contribution in [0.2, 0.25) is 0 Å². The molecule has 0 unspecified atom stereocenters. The van der Waals surface area contributed by atoms with E-state index in [0.29, 0.717) is 6.54 Å². The Bertz CT molecular complexity index is 617. The van der Waals surface area contributed by atoms with Crippen LogP contribution in [0.25, 0.3) is 0 Å². The van der Waals surface area contributed by atoms with Gasteiger partial charge in [-0.15, -0.1) is 0 Å². The molecule has 0 radical (unpaired) electrons. The number of nitro groups is 1. The molecule has 2 rings (SSSR count). The SMILES string of the molecule is CCn1cc(CNC(C)(C)c2ccc([N+](=O)[O-])cc2)cn1. The van der Waals surface area contributed by atoms with Crippen molar-refractivity contribution < 1.29 is 4.92 Å². The molecule has 1 heterocycles. The van der Waals surface area contributed by atoms with Crippen LogP contribution in [0.15, 0.2) is 36.7 Å². The van der Waals surface area contributed by atoms with Gasteiger partial charge in [0.05, 0.1) is 11.1 Å². The summed E-state index contributed by atoms with van der Waals surface area (Å²) in [5, 5.41) is 18.4. The zero-order chi connectivity index (χ0) is 15.5. The van der Waals surface area contributed by atoms with Gasteiger partial charge in [0.2, 0.25) is 0 Å². The van der Waals surface area contributed by atoms with Gasteiger partial charge in [-0.1, -0.05) is 12.1 Å². The molecule has 0 fully saturated rings. The maximum atomic E-state index is 10.7. The van der Waals surface area contributed by atoms with Gasteiger partial charge < -0.3 is 5.32 Å². The summed E-state index contributed by atoms with van der Waals surface area (Å²) in [7, 11) is 0. The number of hydrogen-bond acceptors (Lipinski definition) is 4. The Labute approximate surface area is 123 Å². The van der Waals surface area contributed by atoms with Crippen LogP contribution in [-0.2, 0) is 18.6 Å². The first kappa shape index (κ1) is 15.2. The van der Waals surface area contributed by atoms with Crippen LogP contribution in [0.3, 0.4) is 0 Å². The van der Waals surface area contributed by atoms with Crippen LogP contribution in [0.4, 0.5) is 5.69 Å². The van der Waals surface area contributed by atoms with Gasteiger partial charge in [0.25, 0.3) is 5.69 Å². The minimum atomic E-state index is -0.386. The zero-order valence-electron chi connectivity index (χ0n) is 12.5. The molecule has 0 aliphatic rings. The van der Waals surface area contributed by atoms with E-state index >= 15 is 0 Å².